The van der Waals surface area contributed by atoms with Crippen LogP contribution in [-0.2, 0) is 9.53 Å². The molecule has 0 spiro atoms. The van der Waals surface area contributed by atoms with E-state index in [-0.39, 0.29) is 0 Å². The van der Waals surface area contributed by atoms with Gasteiger partial charge in [-0.2, -0.15) is 0 Å². The predicted molar refractivity (Wildman–Crippen MR) is 33.8 cm³/mol. The summed E-state index contributed by atoms with van der Waals surface area (Å²) in [6, 6.07) is 0. The molecular formula is C6H10O5. The lowest BCUT2D eigenvalue weighted by Gasteiger charge is -2.10. The molecule has 5 heteroatoms. The maximum absolute atomic E-state index is 10.1. The number of aliphatic hydroxyl groups excluding tert-OH is 3. The van der Waals surface area contributed by atoms with Crippen molar-refractivity contribution in [2.24, 2.45) is 0 Å². The molecule has 5 nitrogen and oxygen atoms in total. The van der Waals surface area contributed by atoms with Crippen molar-refractivity contribution in [1.82, 2.24) is 0 Å². The quantitative estimate of drug-likeness (QED) is 0.396. The highest BCUT2D eigenvalue weighted by molar-refractivity contribution is 5.58. The average Bonchev–Trinajstić information content (AvgIpc) is 2.30. The largest absolute Gasteiger partial charge is 0.394 e. The van der Waals surface area contributed by atoms with Crippen LogP contribution < -0.4 is 0 Å². The molecule has 0 aromatic heterocycles. The molecule has 0 aromatic rings. The standard InChI is InChI=1S/C6H10O5/c7-1-3-5(9)6(10)4(2-8)11-3/h1,3-6,8-10H,2H2/t3-,4-,5+,6+/m1/s1. The second-order valence-corrected chi connectivity index (χ2v) is 2.44. The first-order valence-electron chi connectivity index (χ1n) is 3.28. The van der Waals surface area contributed by atoms with Gasteiger partial charge in [0.1, 0.15) is 24.4 Å². The van der Waals surface area contributed by atoms with Gasteiger partial charge in [0, 0.05) is 0 Å². The van der Waals surface area contributed by atoms with Gasteiger partial charge in [-0.1, -0.05) is 0 Å². The Kier molecular flexibility index (Phi) is 2.56. The molecule has 0 bridgehead atoms. The SMILES string of the molecule is O=C[C@H]1O[C@H](CO)[C@H](O)[C@H]1O. The van der Waals surface area contributed by atoms with E-state index in [1.165, 1.54) is 0 Å². The Morgan fingerprint density at radius 1 is 1.36 bits per heavy atom. The zero-order valence-corrected chi connectivity index (χ0v) is 5.75. The van der Waals surface area contributed by atoms with Gasteiger partial charge in [0.15, 0.2) is 6.29 Å². The van der Waals surface area contributed by atoms with Gasteiger partial charge < -0.3 is 24.9 Å². The molecule has 1 fully saturated rings. The summed E-state index contributed by atoms with van der Waals surface area (Å²) in [7, 11) is 0. The Labute approximate surface area is 63.2 Å². The van der Waals surface area contributed by atoms with Crippen LogP contribution in [-0.4, -0.2) is 52.6 Å². The van der Waals surface area contributed by atoms with Crippen molar-refractivity contribution in [3.8, 4) is 0 Å². The molecule has 0 unspecified atom stereocenters. The zero-order valence-electron chi connectivity index (χ0n) is 5.75. The Morgan fingerprint density at radius 3 is 2.27 bits per heavy atom. The molecule has 1 rings (SSSR count). The minimum absolute atomic E-state index is 0.400. The van der Waals surface area contributed by atoms with Crippen molar-refractivity contribution < 1.29 is 24.9 Å². The smallest absolute Gasteiger partial charge is 0.151 e. The fourth-order valence-electron chi connectivity index (χ4n) is 1.04. The fourth-order valence-corrected chi connectivity index (χ4v) is 1.04. The second kappa shape index (κ2) is 3.27. The van der Waals surface area contributed by atoms with E-state index >= 15 is 0 Å². The van der Waals surface area contributed by atoms with Gasteiger partial charge >= 0.3 is 0 Å². The number of aliphatic hydroxyl groups is 3. The fraction of sp³-hybridized carbons (Fsp3) is 0.833. The number of hydrogen-bond donors (Lipinski definition) is 3. The predicted octanol–water partition coefficient (Wildman–Crippen LogP) is -2.33. The van der Waals surface area contributed by atoms with E-state index in [0.717, 1.165) is 0 Å². The topological polar surface area (TPSA) is 87.0 Å². The number of aldehydes is 1. The van der Waals surface area contributed by atoms with Crippen molar-refractivity contribution in [2.45, 2.75) is 24.4 Å². The molecule has 1 aliphatic rings. The number of rotatable bonds is 2. The van der Waals surface area contributed by atoms with Gasteiger partial charge in [0.25, 0.3) is 0 Å². The summed E-state index contributed by atoms with van der Waals surface area (Å²) in [6.07, 6.45) is -3.84. The van der Waals surface area contributed by atoms with Crippen LogP contribution >= 0.6 is 0 Å². The van der Waals surface area contributed by atoms with Crippen molar-refractivity contribution >= 4 is 6.29 Å². The van der Waals surface area contributed by atoms with Crippen LogP contribution in [0.3, 0.4) is 0 Å². The molecule has 0 radical (unpaired) electrons. The highest BCUT2D eigenvalue weighted by Crippen LogP contribution is 2.19. The molecule has 0 aliphatic carbocycles. The normalized spacial score (nSPS) is 44.3. The zero-order chi connectivity index (χ0) is 8.43. The van der Waals surface area contributed by atoms with Crippen LogP contribution in [0.2, 0.25) is 0 Å². The van der Waals surface area contributed by atoms with Crippen molar-refractivity contribution in [1.29, 1.82) is 0 Å². The van der Waals surface area contributed by atoms with E-state index in [0.29, 0.717) is 6.29 Å². The summed E-state index contributed by atoms with van der Waals surface area (Å²) in [5.41, 5.74) is 0. The van der Waals surface area contributed by atoms with Crippen LogP contribution in [0.15, 0.2) is 0 Å². The number of carbonyl (C=O) groups is 1. The summed E-state index contributed by atoms with van der Waals surface area (Å²) in [5, 5.41) is 26.7. The number of carbonyl (C=O) groups excluding carboxylic acids is 1. The maximum Gasteiger partial charge on any atom is 0.151 e. The highest BCUT2D eigenvalue weighted by Gasteiger charge is 2.41. The minimum Gasteiger partial charge on any atom is -0.394 e. The summed E-state index contributed by atoms with van der Waals surface area (Å²) >= 11 is 0. The molecule has 1 aliphatic heterocycles. The molecule has 0 aromatic carbocycles. The Morgan fingerprint density at radius 2 is 2.00 bits per heavy atom. The molecule has 1 saturated heterocycles. The third-order valence-electron chi connectivity index (χ3n) is 1.71. The third-order valence-corrected chi connectivity index (χ3v) is 1.71. The average molecular weight is 162 g/mol. The van der Waals surface area contributed by atoms with Gasteiger partial charge in [0.2, 0.25) is 0 Å². The Hall–Kier alpha value is -0.490. The first kappa shape index (κ1) is 8.61. The molecule has 0 amide bonds. The van der Waals surface area contributed by atoms with Crippen LogP contribution in [0, 0.1) is 0 Å². The molecule has 3 N–H and O–H groups in total. The summed E-state index contributed by atoms with van der Waals surface area (Å²) in [6.45, 7) is -0.400. The van der Waals surface area contributed by atoms with Crippen molar-refractivity contribution in [3.63, 3.8) is 0 Å². The van der Waals surface area contributed by atoms with Crippen LogP contribution in [0.1, 0.15) is 0 Å². The van der Waals surface area contributed by atoms with E-state index in [1.807, 2.05) is 0 Å². The lowest BCUT2D eigenvalue weighted by molar-refractivity contribution is -0.121. The first-order valence-corrected chi connectivity index (χ1v) is 3.28. The first-order chi connectivity index (χ1) is 5.20. The minimum atomic E-state index is -1.22. The number of hydrogen-bond acceptors (Lipinski definition) is 5. The van der Waals surface area contributed by atoms with Gasteiger partial charge in [-0.3, -0.25) is 0 Å². The molecule has 0 saturated carbocycles. The third kappa shape index (κ3) is 1.41. The van der Waals surface area contributed by atoms with Crippen LogP contribution in [0.25, 0.3) is 0 Å². The van der Waals surface area contributed by atoms with E-state index in [2.05, 4.69) is 0 Å². The van der Waals surface area contributed by atoms with Gasteiger partial charge in [0.05, 0.1) is 6.61 Å². The van der Waals surface area contributed by atoms with Gasteiger partial charge in [-0.05, 0) is 0 Å². The summed E-state index contributed by atoms with van der Waals surface area (Å²) < 4.78 is 4.77. The van der Waals surface area contributed by atoms with Gasteiger partial charge in [-0.25, -0.2) is 0 Å². The van der Waals surface area contributed by atoms with E-state index in [4.69, 9.17) is 20.1 Å². The maximum atomic E-state index is 10.1. The number of ether oxygens (including phenoxy) is 1. The Bertz CT molecular complexity index is 148. The van der Waals surface area contributed by atoms with Crippen molar-refractivity contribution in [3.05, 3.63) is 0 Å². The van der Waals surface area contributed by atoms with Gasteiger partial charge in [-0.15, -0.1) is 0 Å². The lowest BCUT2D eigenvalue weighted by atomic mass is 10.1. The van der Waals surface area contributed by atoms with E-state index in [9.17, 15) is 4.79 Å². The lowest BCUT2D eigenvalue weighted by Crippen LogP contribution is -2.34. The molecule has 4 atom stereocenters. The molecule has 64 valence electrons. The molecular weight excluding hydrogens is 152 g/mol. The Balaban J connectivity index is 2.60. The summed E-state index contributed by atoms with van der Waals surface area (Å²) in [5.74, 6) is 0. The van der Waals surface area contributed by atoms with E-state index < -0.39 is 31.0 Å². The van der Waals surface area contributed by atoms with Crippen molar-refractivity contribution in [2.75, 3.05) is 6.61 Å². The van der Waals surface area contributed by atoms with E-state index in [1.54, 1.807) is 0 Å². The van der Waals surface area contributed by atoms with Crippen LogP contribution in [0.5, 0.6) is 0 Å². The second-order valence-electron chi connectivity index (χ2n) is 2.44. The monoisotopic (exact) mass is 162 g/mol. The highest BCUT2D eigenvalue weighted by atomic mass is 16.6. The summed E-state index contributed by atoms with van der Waals surface area (Å²) in [4.78, 5) is 10.1. The molecule has 1 heterocycles. The molecule has 11 heavy (non-hydrogen) atoms. The van der Waals surface area contributed by atoms with Crippen LogP contribution in [0.4, 0.5) is 0 Å².